The summed E-state index contributed by atoms with van der Waals surface area (Å²) >= 11 is 27.7. The Morgan fingerprint density at radius 2 is 1.73 bits per heavy atom. The summed E-state index contributed by atoms with van der Waals surface area (Å²) < 4.78 is 43.0. The van der Waals surface area contributed by atoms with Crippen LogP contribution in [0.25, 0.3) is 16.8 Å². The number of aromatic nitrogens is 2. The van der Waals surface area contributed by atoms with Gasteiger partial charge in [0.15, 0.2) is 5.69 Å². The molecule has 0 spiro atoms. The van der Waals surface area contributed by atoms with Crippen LogP contribution in [-0.2, 0) is 17.5 Å². The quantitative estimate of drug-likeness (QED) is 0.299. The maximum absolute atomic E-state index is 13.8. The van der Waals surface area contributed by atoms with Gasteiger partial charge < -0.3 is 5.32 Å². The molecular weight excluding hydrogens is 589 g/mol. The highest BCUT2D eigenvalue weighted by Crippen LogP contribution is 2.44. The van der Waals surface area contributed by atoms with E-state index < -0.39 is 11.9 Å². The van der Waals surface area contributed by atoms with Crippen molar-refractivity contribution >= 4 is 68.2 Å². The summed E-state index contributed by atoms with van der Waals surface area (Å²) in [6.45, 7) is 3.78. The van der Waals surface area contributed by atoms with Gasteiger partial charge in [-0.2, -0.15) is 18.3 Å². The lowest BCUT2D eigenvalue weighted by molar-refractivity contribution is -0.140. The van der Waals surface area contributed by atoms with Crippen LogP contribution < -0.4 is 5.32 Å². The van der Waals surface area contributed by atoms with Crippen LogP contribution in [0, 0.1) is 5.92 Å². The molecule has 0 bridgehead atoms. The van der Waals surface area contributed by atoms with E-state index >= 15 is 0 Å². The fourth-order valence-electron chi connectivity index (χ4n) is 2.92. The third-order valence-corrected chi connectivity index (χ3v) is 6.91. The van der Waals surface area contributed by atoms with Crippen LogP contribution in [0.2, 0.25) is 20.2 Å². The molecular formula is C21H15BrCl4F3N3O. The molecule has 1 amide bonds. The Morgan fingerprint density at radius 3 is 2.24 bits per heavy atom. The fourth-order valence-corrected chi connectivity index (χ4v) is 4.36. The number of hydrogen-bond donors (Lipinski definition) is 1. The average molecular weight is 604 g/mol. The second-order valence-corrected chi connectivity index (χ2v) is 9.73. The summed E-state index contributed by atoms with van der Waals surface area (Å²) in [4.78, 5) is 11.8. The molecule has 1 aromatic heterocycles. The van der Waals surface area contributed by atoms with Gasteiger partial charge >= 0.3 is 6.18 Å². The molecule has 1 N–H and O–H groups in total. The number of carbonyl (C=O) groups excluding carboxylic acids is 1. The molecule has 176 valence electrons. The van der Waals surface area contributed by atoms with E-state index in [1.54, 1.807) is 32.0 Å². The smallest absolute Gasteiger partial charge is 0.352 e. The zero-order valence-corrected chi connectivity index (χ0v) is 21.6. The maximum Gasteiger partial charge on any atom is 0.435 e. The third-order valence-electron chi connectivity index (χ3n) is 4.63. The molecule has 0 radical (unpaired) electrons. The van der Waals surface area contributed by atoms with Crippen molar-refractivity contribution in [3.8, 4) is 16.8 Å². The Hall–Kier alpha value is -1.45. The Morgan fingerprint density at radius 1 is 1.12 bits per heavy atom. The molecule has 0 fully saturated rings. The van der Waals surface area contributed by atoms with E-state index in [1.807, 2.05) is 0 Å². The predicted molar refractivity (Wildman–Crippen MR) is 128 cm³/mol. The van der Waals surface area contributed by atoms with Crippen LogP contribution in [-0.4, -0.2) is 15.7 Å². The Labute approximate surface area is 216 Å². The number of rotatable bonds is 5. The number of nitrogens with one attached hydrogen (secondary N) is 1. The van der Waals surface area contributed by atoms with Crippen molar-refractivity contribution < 1.29 is 18.0 Å². The van der Waals surface area contributed by atoms with E-state index in [1.165, 1.54) is 12.1 Å². The molecule has 12 heteroatoms. The van der Waals surface area contributed by atoms with Crippen LogP contribution in [0.3, 0.4) is 0 Å². The van der Waals surface area contributed by atoms with Crippen LogP contribution in [0.15, 0.2) is 34.8 Å². The number of benzene rings is 2. The summed E-state index contributed by atoms with van der Waals surface area (Å²) in [6, 6.07) is 7.25. The molecule has 33 heavy (non-hydrogen) atoms. The van der Waals surface area contributed by atoms with Crippen molar-refractivity contribution in [2.45, 2.75) is 26.6 Å². The van der Waals surface area contributed by atoms with Crippen molar-refractivity contribution in [1.29, 1.82) is 0 Å². The molecule has 0 aliphatic rings. The molecule has 0 atom stereocenters. The minimum Gasteiger partial charge on any atom is -0.352 e. The molecule has 3 rings (SSSR count). The summed E-state index contributed by atoms with van der Waals surface area (Å²) in [6.07, 6.45) is -4.80. The average Bonchev–Trinajstić information content (AvgIpc) is 3.08. The minimum absolute atomic E-state index is 0.0169. The van der Waals surface area contributed by atoms with Crippen LogP contribution in [0.4, 0.5) is 13.2 Å². The summed E-state index contributed by atoms with van der Waals surface area (Å²) in [5.41, 5.74) is -0.567. The van der Waals surface area contributed by atoms with Gasteiger partial charge in [0.2, 0.25) is 5.91 Å². The van der Waals surface area contributed by atoms with Crippen molar-refractivity contribution in [1.82, 2.24) is 15.1 Å². The lowest BCUT2D eigenvalue weighted by Gasteiger charge is -2.11. The first-order valence-corrected chi connectivity index (χ1v) is 11.7. The zero-order chi connectivity index (χ0) is 24.7. The first-order chi connectivity index (χ1) is 15.3. The molecule has 4 nitrogen and oxygen atoms in total. The van der Waals surface area contributed by atoms with Crippen molar-refractivity contribution in [3.05, 3.63) is 66.3 Å². The van der Waals surface area contributed by atoms with Gasteiger partial charge in [-0.15, -0.1) is 0 Å². The van der Waals surface area contributed by atoms with Crippen LogP contribution in [0.5, 0.6) is 0 Å². The molecule has 0 aliphatic carbocycles. The number of halogens is 8. The molecule has 3 aromatic rings. The normalized spacial score (nSPS) is 11.8. The lowest BCUT2D eigenvalue weighted by Crippen LogP contribution is -2.27. The highest BCUT2D eigenvalue weighted by Gasteiger charge is 2.40. The standard InChI is InChI=1S/C21H15BrCl4F3N3O/c1-9(2)20(33)30-8-10-3-4-12(7-13(10)22)32-19(26)16(18(31-32)21(27,28)29)11-5-14(23)17(25)15(24)6-11/h3-7,9H,8H2,1-2H3,(H,30,33). The maximum atomic E-state index is 13.8. The Kier molecular flexibility index (Phi) is 7.96. The second kappa shape index (κ2) is 10.0. The van der Waals surface area contributed by atoms with Crippen molar-refractivity contribution in [2.24, 2.45) is 5.92 Å². The molecule has 0 saturated carbocycles. The second-order valence-electron chi connectivity index (χ2n) is 7.33. The van der Waals surface area contributed by atoms with Crippen molar-refractivity contribution in [3.63, 3.8) is 0 Å². The monoisotopic (exact) mass is 601 g/mol. The molecule has 2 aromatic carbocycles. The largest absolute Gasteiger partial charge is 0.435 e. The SMILES string of the molecule is CC(C)C(=O)NCc1ccc(-n2nc(C(F)(F)F)c(-c3cc(Cl)c(Cl)c(Cl)c3)c2Cl)cc1Br. The minimum atomic E-state index is -4.80. The van der Waals surface area contributed by atoms with Gasteiger partial charge in [0.1, 0.15) is 5.15 Å². The van der Waals surface area contributed by atoms with Crippen LogP contribution >= 0.6 is 62.3 Å². The van der Waals surface area contributed by atoms with Gasteiger partial charge in [0.05, 0.1) is 26.3 Å². The van der Waals surface area contributed by atoms with Gasteiger partial charge in [-0.05, 0) is 35.4 Å². The number of nitrogens with zero attached hydrogens (tertiary/aromatic N) is 2. The van der Waals surface area contributed by atoms with E-state index in [2.05, 4.69) is 26.3 Å². The third kappa shape index (κ3) is 5.62. The van der Waals surface area contributed by atoms with E-state index in [-0.39, 0.29) is 55.4 Å². The van der Waals surface area contributed by atoms with Gasteiger partial charge in [-0.3, -0.25) is 4.79 Å². The van der Waals surface area contributed by atoms with Gasteiger partial charge in [-0.25, -0.2) is 4.68 Å². The number of alkyl halides is 3. The molecule has 1 heterocycles. The molecule has 0 saturated heterocycles. The summed E-state index contributed by atoms with van der Waals surface area (Å²) in [7, 11) is 0. The number of hydrogen-bond acceptors (Lipinski definition) is 2. The fraction of sp³-hybridized carbons (Fsp3) is 0.238. The lowest BCUT2D eigenvalue weighted by atomic mass is 10.1. The Balaban J connectivity index is 2.08. The van der Waals surface area contributed by atoms with Gasteiger partial charge in [0, 0.05) is 16.9 Å². The Bertz CT molecular complexity index is 1210. The number of carbonyl (C=O) groups is 1. The molecule has 0 unspecified atom stereocenters. The van der Waals surface area contributed by atoms with Crippen molar-refractivity contribution in [2.75, 3.05) is 0 Å². The highest BCUT2D eigenvalue weighted by molar-refractivity contribution is 9.10. The topological polar surface area (TPSA) is 46.9 Å². The summed E-state index contributed by atoms with van der Waals surface area (Å²) in [5, 5.41) is 6.19. The van der Waals surface area contributed by atoms with E-state index in [4.69, 9.17) is 46.4 Å². The van der Waals surface area contributed by atoms with Crippen LogP contribution in [0.1, 0.15) is 25.1 Å². The highest BCUT2D eigenvalue weighted by atomic mass is 79.9. The van der Waals surface area contributed by atoms with Gasteiger partial charge in [0.25, 0.3) is 0 Å². The van der Waals surface area contributed by atoms with E-state index in [0.717, 1.165) is 10.2 Å². The predicted octanol–water partition coefficient (Wildman–Crippen LogP) is 8.21. The summed E-state index contributed by atoms with van der Waals surface area (Å²) in [5.74, 6) is -0.305. The zero-order valence-electron chi connectivity index (χ0n) is 17.0. The first kappa shape index (κ1) is 26.2. The first-order valence-electron chi connectivity index (χ1n) is 9.38. The van der Waals surface area contributed by atoms with E-state index in [0.29, 0.717) is 4.47 Å². The molecule has 0 aliphatic heterocycles. The van der Waals surface area contributed by atoms with Gasteiger partial charge in [-0.1, -0.05) is 82.2 Å². The number of amides is 1. The van der Waals surface area contributed by atoms with E-state index in [9.17, 15) is 18.0 Å².